The zero-order valence-electron chi connectivity index (χ0n) is 14.0. The number of rotatable bonds is 2. The zero-order valence-corrected chi connectivity index (χ0v) is 14.0. The van der Waals surface area contributed by atoms with Gasteiger partial charge in [-0.1, -0.05) is 13.8 Å². The first-order valence-electron chi connectivity index (χ1n) is 8.77. The second-order valence-electron chi connectivity index (χ2n) is 8.04. The molecule has 0 aromatic heterocycles. The monoisotopic (exact) mass is 326 g/mol. The molecule has 0 aromatic rings. The van der Waals surface area contributed by atoms with Crippen LogP contribution in [0.2, 0.25) is 0 Å². The van der Waals surface area contributed by atoms with Gasteiger partial charge in [-0.3, -0.25) is 4.79 Å². The highest BCUT2D eigenvalue weighted by Crippen LogP contribution is 2.60. The Hall–Kier alpha value is -0.690. The molecular formula is C17H26O6. The molecule has 4 heterocycles. The van der Waals surface area contributed by atoms with Crippen molar-refractivity contribution in [2.75, 3.05) is 0 Å². The fraction of sp³-hybridized carbons (Fsp3) is 0.941. The lowest BCUT2D eigenvalue weighted by molar-refractivity contribution is -0.571. The van der Waals surface area contributed by atoms with Crippen LogP contribution in [0.15, 0.2) is 0 Å². The van der Waals surface area contributed by atoms with Gasteiger partial charge in [0, 0.05) is 12.3 Å². The van der Waals surface area contributed by atoms with Crippen LogP contribution in [0.5, 0.6) is 0 Å². The number of aliphatic carboxylic acids is 1. The molecular weight excluding hydrogens is 300 g/mol. The number of hydrogen-bond donors (Lipinski definition) is 1. The van der Waals surface area contributed by atoms with E-state index in [1.54, 1.807) is 0 Å². The van der Waals surface area contributed by atoms with E-state index in [4.69, 9.17) is 19.2 Å². The zero-order chi connectivity index (χ0) is 16.4. The largest absolute Gasteiger partial charge is 0.481 e. The topological polar surface area (TPSA) is 74.2 Å². The van der Waals surface area contributed by atoms with Gasteiger partial charge in [0.15, 0.2) is 11.9 Å². The fourth-order valence-electron chi connectivity index (χ4n) is 5.38. The highest BCUT2D eigenvalue weighted by Gasteiger charge is 2.69. The van der Waals surface area contributed by atoms with Crippen molar-refractivity contribution < 1.29 is 29.1 Å². The lowest BCUT2D eigenvalue weighted by Gasteiger charge is -2.60. The Kier molecular flexibility index (Phi) is 3.54. The molecule has 4 saturated heterocycles. The third-order valence-electron chi connectivity index (χ3n) is 6.67. The average molecular weight is 326 g/mol. The Balaban J connectivity index is 1.74. The van der Waals surface area contributed by atoms with Gasteiger partial charge in [-0.2, -0.15) is 0 Å². The smallest absolute Gasteiger partial charge is 0.305 e. The van der Waals surface area contributed by atoms with Gasteiger partial charge in [0.1, 0.15) is 0 Å². The molecule has 5 aliphatic rings. The molecule has 0 aromatic carbocycles. The molecule has 5 fully saturated rings. The first kappa shape index (κ1) is 15.8. The molecule has 130 valence electrons. The molecule has 6 heteroatoms. The number of carboxylic acid groups (broad SMARTS) is 1. The quantitative estimate of drug-likeness (QED) is 0.787. The van der Waals surface area contributed by atoms with Crippen LogP contribution in [0.3, 0.4) is 0 Å². The van der Waals surface area contributed by atoms with E-state index in [1.165, 1.54) is 0 Å². The van der Waals surface area contributed by atoms with Crippen molar-refractivity contribution in [3.05, 3.63) is 0 Å². The molecule has 6 nitrogen and oxygen atoms in total. The van der Waals surface area contributed by atoms with Gasteiger partial charge in [-0.15, -0.1) is 0 Å². The van der Waals surface area contributed by atoms with E-state index in [9.17, 15) is 9.90 Å². The maximum absolute atomic E-state index is 11.2. The van der Waals surface area contributed by atoms with Crippen LogP contribution in [0.25, 0.3) is 0 Å². The minimum atomic E-state index is -0.833. The van der Waals surface area contributed by atoms with Gasteiger partial charge >= 0.3 is 5.97 Å². The minimum absolute atomic E-state index is 0.00536. The summed E-state index contributed by atoms with van der Waals surface area (Å²) >= 11 is 0. The summed E-state index contributed by atoms with van der Waals surface area (Å²) in [5.41, 5.74) is -0.595. The van der Waals surface area contributed by atoms with Crippen LogP contribution < -0.4 is 0 Å². The lowest BCUT2D eigenvalue weighted by Crippen LogP contribution is -2.70. The number of carboxylic acids is 1. The summed E-state index contributed by atoms with van der Waals surface area (Å²) in [6.45, 7) is 6.23. The third-order valence-corrected chi connectivity index (χ3v) is 6.67. The maximum atomic E-state index is 11.2. The van der Waals surface area contributed by atoms with Crippen molar-refractivity contribution in [1.29, 1.82) is 0 Å². The summed E-state index contributed by atoms with van der Waals surface area (Å²) in [7, 11) is 0. The van der Waals surface area contributed by atoms with Crippen molar-refractivity contribution in [2.24, 2.45) is 23.7 Å². The molecule has 1 saturated carbocycles. The summed E-state index contributed by atoms with van der Waals surface area (Å²) in [4.78, 5) is 23.0. The van der Waals surface area contributed by atoms with Crippen molar-refractivity contribution >= 4 is 5.97 Å². The molecule has 1 spiro atoms. The van der Waals surface area contributed by atoms with Crippen molar-refractivity contribution in [3.8, 4) is 0 Å². The third kappa shape index (κ3) is 2.18. The van der Waals surface area contributed by atoms with Crippen molar-refractivity contribution in [1.82, 2.24) is 0 Å². The molecule has 4 aliphatic heterocycles. The molecule has 8 atom stereocenters. The molecule has 23 heavy (non-hydrogen) atoms. The highest BCUT2D eigenvalue weighted by atomic mass is 17.3. The van der Waals surface area contributed by atoms with E-state index in [1.807, 2.05) is 6.92 Å². The standard InChI is InChI=1S/C17H26O6/c1-9-4-5-12-10(2)13(8-14(18)19)20-15-17(12)11(9)6-7-16(3,21-15)22-23-17/h9-13,15H,4-8H2,1-3H3,(H,18,19). The predicted octanol–water partition coefficient (Wildman–Crippen LogP) is 2.71. The Morgan fingerprint density at radius 1 is 1.17 bits per heavy atom. The van der Waals surface area contributed by atoms with Gasteiger partial charge < -0.3 is 14.6 Å². The summed E-state index contributed by atoms with van der Waals surface area (Å²) in [6.07, 6.45) is 3.02. The van der Waals surface area contributed by atoms with Gasteiger partial charge in [-0.05, 0) is 43.9 Å². The lowest BCUT2D eigenvalue weighted by atomic mass is 9.57. The highest BCUT2D eigenvalue weighted by molar-refractivity contribution is 5.67. The first-order chi connectivity index (χ1) is 10.9. The SMILES string of the molecule is CC1CCC2C(C)C(CC(=O)O)OC3OC4(C)CCC1C32OO4. The van der Waals surface area contributed by atoms with Crippen molar-refractivity contribution in [3.63, 3.8) is 0 Å². The Morgan fingerprint density at radius 3 is 2.70 bits per heavy atom. The number of hydrogen-bond acceptors (Lipinski definition) is 5. The van der Waals surface area contributed by atoms with E-state index in [0.717, 1.165) is 25.7 Å². The van der Waals surface area contributed by atoms with E-state index in [2.05, 4.69) is 13.8 Å². The number of fused-ring (bicyclic) bond motifs is 2. The number of ether oxygens (including phenoxy) is 2. The van der Waals surface area contributed by atoms with Crippen LogP contribution in [0.1, 0.15) is 52.9 Å². The molecule has 0 amide bonds. The first-order valence-corrected chi connectivity index (χ1v) is 8.77. The van der Waals surface area contributed by atoms with Gasteiger partial charge in [0.05, 0.1) is 12.5 Å². The summed E-state index contributed by atoms with van der Waals surface area (Å²) in [6, 6.07) is 0. The molecule has 0 radical (unpaired) electrons. The van der Waals surface area contributed by atoms with E-state index in [-0.39, 0.29) is 24.4 Å². The Morgan fingerprint density at radius 2 is 1.96 bits per heavy atom. The maximum Gasteiger partial charge on any atom is 0.305 e. The molecule has 1 N–H and O–H groups in total. The van der Waals surface area contributed by atoms with Gasteiger partial charge in [-0.25, -0.2) is 9.78 Å². The molecule has 1 aliphatic carbocycles. The predicted molar refractivity (Wildman–Crippen MR) is 79.1 cm³/mol. The molecule has 8 unspecified atom stereocenters. The minimum Gasteiger partial charge on any atom is -0.481 e. The van der Waals surface area contributed by atoms with Crippen LogP contribution in [0.4, 0.5) is 0 Å². The normalized spacial score (nSPS) is 55.1. The van der Waals surface area contributed by atoms with E-state index in [0.29, 0.717) is 11.8 Å². The van der Waals surface area contributed by atoms with Crippen molar-refractivity contribution in [2.45, 2.75) is 76.7 Å². The summed E-state index contributed by atoms with van der Waals surface area (Å²) in [5.74, 6) is -0.481. The van der Waals surface area contributed by atoms with E-state index >= 15 is 0 Å². The van der Waals surface area contributed by atoms with E-state index < -0.39 is 23.6 Å². The Bertz CT molecular complexity index is 509. The fourth-order valence-corrected chi connectivity index (χ4v) is 5.38. The van der Waals surface area contributed by atoms with Gasteiger partial charge in [0.25, 0.3) is 0 Å². The number of carbonyl (C=O) groups is 1. The van der Waals surface area contributed by atoms with Gasteiger partial charge in [0.2, 0.25) is 5.79 Å². The average Bonchev–Trinajstić information content (AvgIpc) is 2.70. The van der Waals surface area contributed by atoms with Crippen LogP contribution in [0, 0.1) is 23.7 Å². The summed E-state index contributed by atoms with van der Waals surface area (Å²) in [5, 5.41) is 9.21. The Labute approximate surface area is 136 Å². The molecule has 5 rings (SSSR count). The van der Waals surface area contributed by atoms with Crippen LogP contribution >= 0.6 is 0 Å². The second kappa shape index (κ2) is 5.15. The van der Waals surface area contributed by atoms with Crippen LogP contribution in [-0.2, 0) is 24.0 Å². The summed E-state index contributed by atoms with van der Waals surface area (Å²) < 4.78 is 12.3. The second-order valence-corrected chi connectivity index (χ2v) is 8.04. The van der Waals surface area contributed by atoms with Crippen LogP contribution in [-0.4, -0.2) is 34.9 Å². The molecule has 2 bridgehead atoms.